The highest BCUT2D eigenvalue weighted by molar-refractivity contribution is 5.51. The summed E-state index contributed by atoms with van der Waals surface area (Å²) >= 11 is 0. The van der Waals surface area contributed by atoms with Gasteiger partial charge in [0.15, 0.2) is 0 Å². The first-order valence-electron chi connectivity index (χ1n) is 5.12. The van der Waals surface area contributed by atoms with E-state index in [-0.39, 0.29) is 0 Å². The molecule has 3 nitrogen and oxygen atoms in total. The van der Waals surface area contributed by atoms with E-state index in [1.54, 1.807) is 6.20 Å². The van der Waals surface area contributed by atoms with Gasteiger partial charge in [-0.3, -0.25) is 0 Å². The topological polar surface area (TPSA) is 29.9 Å². The molecule has 1 aromatic heterocycles. The number of hydrogen-bond donors (Lipinski definition) is 1. The molecule has 3 heteroatoms. The van der Waals surface area contributed by atoms with Gasteiger partial charge in [-0.15, -0.1) is 0 Å². The Labute approximate surface area is 89.7 Å². The van der Waals surface area contributed by atoms with Crippen molar-refractivity contribution in [2.45, 2.75) is 19.9 Å². The number of aromatic nitrogens is 2. The third kappa shape index (κ3) is 2.37. The van der Waals surface area contributed by atoms with Crippen LogP contribution in [0.3, 0.4) is 0 Å². The normalized spacial score (nSPS) is 10.6. The molecule has 15 heavy (non-hydrogen) atoms. The van der Waals surface area contributed by atoms with Crippen LogP contribution >= 0.6 is 0 Å². The highest BCUT2D eigenvalue weighted by atomic mass is 15.3. The van der Waals surface area contributed by atoms with Gasteiger partial charge in [-0.25, -0.2) is 4.68 Å². The Morgan fingerprint density at radius 1 is 1.27 bits per heavy atom. The summed E-state index contributed by atoms with van der Waals surface area (Å²) in [7, 11) is 0. The maximum absolute atomic E-state index is 4.20. The van der Waals surface area contributed by atoms with Crippen molar-refractivity contribution >= 4 is 5.69 Å². The number of anilines is 1. The van der Waals surface area contributed by atoms with E-state index in [0.717, 1.165) is 11.4 Å². The molecule has 1 aromatic carbocycles. The zero-order valence-electron chi connectivity index (χ0n) is 9.01. The zero-order chi connectivity index (χ0) is 10.7. The van der Waals surface area contributed by atoms with E-state index in [4.69, 9.17) is 0 Å². The minimum Gasteiger partial charge on any atom is -0.383 e. The van der Waals surface area contributed by atoms with Crippen LogP contribution in [0.25, 0.3) is 5.69 Å². The Morgan fingerprint density at radius 2 is 2.13 bits per heavy atom. The van der Waals surface area contributed by atoms with E-state index in [1.807, 2.05) is 29.1 Å². The monoisotopic (exact) mass is 201 g/mol. The van der Waals surface area contributed by atoms with Gasteiger partial charge in [0.2, 0.25) is 0 Å². The van der Waals surface area contributed by atoms with Gasteiger partial charge >= 0.3 is 0 Å². The van der Waals surface area contributed by atoms with Gasteiger partial charge in [-0.1, -0.05) is 6.07 Å². The third-order valence-corrected chi connectivity index (χ3v) is 2.07. The summed E-state index contributed by atoms with van der Waals surface area (Å²) in [6, 6.07) is 10.6. The summed E-state index contributed by atoms with van der Waals surface area (Å²) in [6.45, 7) is 4.25. The molecule has 0 radical (unpaired) electrons. The van der Waals surface area contributed by atoms with E-state index in [1.165, 1.54) is 0 Å². The lowest BCUT2D eigenvalue weighted by molar-refractivity contribution is 0.874. The first-order valence-corrected chi connectivity index (χ1v) is 5.12. The smallest absolute Gasteiger partial charge is 0.0666 e. The van der Waals surface area contributed by atoms with Crippen molar-refractivity contribution in [3.63, 3.8) is 0 Å². The lowest BCUT2D eigenvalue weighted by Gasteiger charge is -2.11. The summed E-state index contributed by atoms with van der Waals surface area (Å²) in [5.41, 5.74) is 2.20. The number of rotatable bonds is 3. The standard InChI is InChI=1S/C12H15N3/c1-10(2)14-11-5-3-6-12(9-11)15-8-4-7-13-15/h3-10,14H,1-2H3. The van der Waals surface area contributed by atoms with Crippen LogP contribution in [0, 0.1) is 0 Å². The van der Waals surface area contributed by atoms with Gasteiger partial charge in [-0.2, -0.15) is 5.10 Å². The average molecular weight is 201 g/mol. The molecule has 78 valence electrons. The molecule has 0 fully saturated rings. The Balaban J connectivity index is 2.27. The zero-order valence-corrected chi connectivity index (χ0v) is 9.01. The second kappa shape index (κ2) is 4.17. The number of hydrogen-bond acceptors (Lipinski definition) is 2. The van der Waals surface area contributed by atoms with E-state index >= 15 is 0 Å². The minimum absolute atomic E-state index is 0.442. The molecule has 0 saturated carbocycles. The predicted octanol–water partition coefficient (Wildman–Crippen LogP) is 2.69. The first kappa shape index (κ1) is 9.77. The fraction of sp³-hybridized carbons (Fsp3) is 0.250. The van der Waals surface area contributed by atoms with E-state index in [2.05, 4.69) is 36.4 Å². The van der Waals surface area contributed by atoms with Gasteiger partial charge in [0.25, 0.3) is 0 Å². The van der Waals surface area contributed by atoms with Crippen molar-refractivity contribution in [2.24, 2.45) is 0 Å². The molecule has 1 heterocycles. The molecule has 0 aliphatic carbocycles. The predicted molar refractivity (Wildman–Crippen MR) is 62.3 cm³/mol. The largest absolute Gasteiger partial charge is 0.383 e. The molecular weight excluding hydrogens is 186 g/mol. The summed E-state index contributed by atoms with van der Waals surface area (Å²) in [4.78, 5) is 0. The van der Waals surface area contributed by atoms with Crippen molar-refractivity contribution in [1.29, 1.82) is 0 Å². The lowest BCUT2D eigenvalue weighted by atomic mass is 10.2. The molecule has 0 spiro atoms. The van der Waals surface area contributed by atoms with Gasteiger partial charge in [0, 0.05) is 24.1 Å². The molecule has 0 unspecified atom stereocenters. The summed E-state index contributed by atoms with van der Waals surface area (Å²) in [5, 5.41) is 7.56. The van der Waals surface area contributed by atoms with Crippen LogP contribution in [0.1, 0.15) is 13.8 Å². The molecular formula is C12H15N3. The quantitative estimate of drug-likeness (QED) is 0.827. The van der Waals surface area contributed by atoms with Crippen LogP contribution in [0.15, 0.2) is 42.7 Å². The fourth-order valence-corrected chi connectivity index (χ4v) is 1.49. The van der Waals surface area contributed by atoms with Crippen molar-refractivity contribution < 1.29 is 0 Å². The molecule has 2 rings (SSSR count). The Bertz CT molecular complexity index is 418. The SMILES string of the molecule is CC(C)Nc1cccc(-n2cccn2)c1. The highest BCUT2D eigenvalue weighted by Crippen LogP contribution is 2.14. The van der Waals surface area contributed by atoms with Crippen LogP contribution in [0.4, 0.5) is 5.69 Å². The van der Waals surface area contributed by atoms with Crippen molar-refractivity contribution in [2.75, 3.05) is 5.32 Å². The Hall–Kier alpha value is -1.77. The molecule has 2 aromatic rings. The molecule has 0 aliphatic heterocycles. The van der Waals surface area contributed by atoms with Crippen molar-refractivity contribution in [1.82, 2.24) is 9.78 Å². The number of benzene rings is 1. The molecule has 0 bridgehead atoms. The summed E-state index contributed by atoms with van der Waals surface area (Å²) < 4.78 is 1.85. The van der Waals surface area contributed by atoms with E-state index < -0.39 is 0 Å². The minimum atomic E-state index is 0.442. The molecule has 1 N–H and O–H groups in total. The fourth-order valence-electron chi connectivity index (χ4n) is 1.49. The molecule has 0 atom stereocenters. The lowest BCUT2D eigenvalue weighted by Crippen LogP contribution is -2.09. The maximum Gasteiger partial charge on any atom is 0.0666 e. The van der Waals surface area contributed by atoms with Gasteiger partial charge in [0.1, 0.15) is 0 Å². The summed E-state index contributed by atoms with van der Waals surface area (Å²) in [5.74, 6) is 0. The second-order valence-electron chi connectivity index (χ2n) is 3.80. The van der Waals surface area contributed by atoms with Crippen LogP contribution < -0.4 is 5.32 Å². The van der Waals surface area contributed by atoms with Crippen LogP contribution in [-0.4, -0.2) is 15.8 Å². The summed E-state index contributed by atoms with van der Waals surface area (Å²) in [6.07, 6.45) is 3.72. The van der Waals surface area contributed by atoms with Gasteiger partial charge in [0.05, 0.1) is 5.69 Å². The van der Waals surface area contributed by atoms with E-state index in [9.17, 15) is 0 Å². The van der Waals surface area contributed by atoms with Gasteiger partial charge < -0.3 is 5.32 Å². The van der Waals surface area contributed by atoms with Crippen LogP contribution in [0.5, 0.6) is 0 Å². The molecule has 0 saturated heterocycles. The van der Waals surface area contributed by atoms with Crippen molar-refractivity contribution in [3.05, 3.63) is 42.7 Å². The Morgan fingerprint density at radius 3 is 2.80 bits per heavy atom. The van der Waals surface area contributed by atoms with Crippen LogP contribution in [-0.2, 0) is 0 Å². The average Bonchev–Trinajstić information content (AvgIpc) is 2.69. The number of nitrogens with one attached hydrogen (secondary N) is 1. The second-order valence-corrected chi connectivity index (χ2v) is 3.80. The van der Waals surface area contributed by atoms with Crippen LogP contribution in [0.2, 0.25) is 0 Å². The Kier molecular flexibility index (Phi) is 2.72. The third-order valence-electron chi connectivity index (χ3n) is 2.07. The number of nitrogens with zero attached hydrogens (tertiary/aromatic N) is 2. The van der Waals surface area contributed by atoms with Gasteiger partial charge in [-0.05, 0) is 38.1 Å². The van der Waals surface area contributed by atoms with Crippen molar-refractivity contribution in [3.8, 4) is 5.69 Å². The highest BCUT2D eigenvalue weighted by Gasteiger charge is 1.99. The maximum atomic E-state index is 4.20. The molecule has 0 aliphatic rings. The molecule has 0 amide bonds. The first-order chi connectivity index (χ1) is 7.25. The van der Waals surface area contributed by atoms with E-state index in [0.29, 0.717) is 6.04 Å².